The Morgan fingerprint density at radius 3 is 2.25 bits per heavy atom. The highest BCUT2D eigenvalue weighted by Gasteiger charge is 2.17. The molecule has 7 heteroatoms. The van der Waals surface area contributed by atoms with Gasteiger partial charge in [0.2, 0.25) is 0 Å². The summed E-state index contributed by atoms with van der Waals surface area (Å²) in [6, 6.07) is 16.9. The molecule has 28 heavy (non-hydrogen) atoms. The second-order valence-electron chi connectivity index (χ2n) is 6.38. The van der Waals surface area contributed by atoms with Crippen molar-refractivity contribution >= 4 is 27.3 Å². The molecule has 0 fully saturated rings. The number of para-hydroxylation sites is 1. The Morgan fingerprint density at radius 2 is 1.57 bits per heavy atom. The van der Waals surface area contributed by atoms with Gasteiger partial charge in [0.15, 0.2) is 0 Å². The minimum atomic E-state index is -3.80. The van der Waals surface area contributed by atoms with E-state index >= 15 is 0 Å². The molecular weight excluding hydrogens is 379 g/mol. The van der Waals surface area contributed by atoms with Crippen LogP contribution in [0.4, 0.5) is 15.8 Å². The van der Waals surface area contributed by atoms with Gasteiger partial charge in [-0.2, -0.15) is 0 Å². The van der Waals surface area contributed by atoms with Crippen molar-refractivity contribution in [1.82, 2.24) is 0 Å². The molecule has 0 spiro atoms. The summed E-state index contributed by atoms with van der Waals surface area (Å²) in [6.45, 7) is 3.59. The fraction of sp³-hybridized carbons (Fsp3) is 0.0952. The van der Waals surface area contributed by atoms with E-state index in [0.717, 1.165) is 5.56 Å². The minimum Gasteiger partial charge on any atom is -0.319 e. The minimum absolute atomic E-state index is 0.0508. The van der Waals surface area contributed by atoms with Crippen LogP contribution < -0.4 is 10.0 Å². The number of rotatable bonds is 5. The van der Waals surface area contributed by atoms with E-state index < -0.39 is 21.7 Å². The highest BCUT2D eigenvalue weighted by atomic mass is 32.2. The van der Waals surface area contributed by atoms with Gasteiger partial charge in [0, 0.05) is 5.56 Å². The molecule has 0 atom stereocenters. The second kappa shape index (κ2) is 7.82. The summed E-state index contributed by atoms with van der Waals surface area (Å²) < 4.78 is 41.5. The van der Waals surface area contributed by atoms with E-state index in [2.05, 4.69) is 10.0 Å². The van der Waals surface area contributed by atoms with Crippen molar-refractivity contribution in [1.29, 1.82) is 0 Å². The number of anilines is 2. The first-order valence-corrected chi connectivity index (χ1v) is 10.0. The molecule has 0 saturated heterocycles. The standard InChI is InChI=1S/C21H19FN2O3S/c1-14-7-11-17(12-8-14)28(26,27)24-20-13-16(10-9-15(20)2)21(25)23-19-6-4-3-5-18(19)22/h3-13,24H,1-2H3,(H,23,25). The SMILES string of the molecule is Cc1ccc(S(=O)(=O)Nc2cc(C(=O)Nc3ccccc3F)ccc2C)cc1. The lowest BCUT2D eigenvalue weighted by Gasteiger charge is -2.13. The van der Waals surface area contributed by atoms with Crippen LogP contribution in [0.5, 0.6) is 0 Å². The smallest absolute Gasteiger partial charge is 0.261 e. The van der Waals surface area contributed by atoms with Gasteiger partial charge in [-0.1, -0.05) is 35.9 Å². The van der Waals surface area contributed by atoms with Crippen LogP contribution in [0, 0.1) is 19.7 Å². The molecule has 3 rings (SSSR count). The average Bonchev–Trinajstić information content (AvgIpc) is 2.65. The maximum absolute atomic E-state index is 13.7. The molecule has 0 saturated carbocycles. The number of carbonyl (C=O) groups excluding carboxylic acids is 1. The van der Waals surface area contributed by atoms with Crippen LogP contribution in [0.1, 0.15) is 21.5 Å². The van der Waals surface area contributed by atoms with Gasteiger partial charge < -0.3 is 5.32 Å². The van der Waals surface area contributed by atoms with Gasteiger partial charge in [-0.25, -0.2) is 12.8 Å². The first-order valence-electron chi connectivity index (χ1n) is 8.52. The predicted octanol–water partition coefficient (Wildman–Crippen LogP) is 4.50. The fourth-order valence-electron chi connectivity index (χ4n) is 2.55. The summed E-state index contributed by atoms with van der Waals surface area (Å²) in [5, 5.41) is 2.48. The van der Waals surface area contributed by atoms with E-state index in [4.69, 9.17) is 0 Å². The third kappa shape index (κ3) is 4.37. The van der Waals surface area contributed by atoms with Gasteiger partial charge >= 0.3 is 0 Å². The Labute approximate surface area is 163 Å². The van der Waals surface area contributed by atoms with Gasteiger partial charge in [0.1, 0.15) is 5.82 Å². The zero-order chi connectivity index (χ0) is 20.3. The van der Waals surface area contributed by atoms with E-state index in [0.29, 0.717) is 5.56 Å². The molecule has 2 N–H and O–H groups in total. The van der Waals surface area contributed by atoms with E-state index in [1.54, 1.807) is 37.3 Å². The number of carbonyl (C=O) groups is 1. The van der Waals surface area contributed by atoms with Crippen molar-refractivity contribution in [3.05, 3.63) is 89.2 Å². The van der Waals surface area contributed by atoms with E-state index in [1.165, 1.54) is 36.4 Å². The lowest BCUT2D eigenvalue weighted by molar-refractivity contribution is 0.102. The number of benzene rings is 3. The van der Waals surface area contributed by atoms with E-state index in [1.807, 2.05) is 6.92 Å². The van der Waals surface area contributed by atoms with Gasteiger partial charge in [-0.3, -0.25) is 9.52 Å². The molecule has 0 unspecified atom stereocenters. The van der Waals surface area contributed by atoms with Crippen molar-refractivity contribution in [3.63, 3.8) is 0 Å². The summed E-state index contributed by atoms with van der Waals surface area (Å²) >= 11 is 0. The molecule has 0 heterocycles. The molecule has 3 aromatic rings. The molecule has 0 aliphatic heterocycles. The first kappa shape index (κ1) is 19.6. The highest BCUT2D eigenvalue weighted by molar-refractivity contribution is 7.92. The van der Waals surface area contributed by atoms with Crippen LogP contribution in [0.15, 0.2) is 71.6 Å². The van der Waals surface area contributed by atoms with Crippen LogP contribution in [0.3, 0.4) is 0 Å². The molecule has 0 radical (unpaired) electrons. The fourth-order valence-corrected chi connectivity index (χ4v) is 3.67. The zero-order valence-corrected chi connectivity index (χ0v) is 16.2. The molecule has 5 nitrogen and oxygen atoms in total. The molecule has 1 amide bonds. The Kier molecular flexibility index (Phi) is 5.46. The maximum Gasteiger partial charge on any atom is 0.261 e. The molecule has 3 aromatic carbocycles. The summed E-state index contributed by atoms with van der Waals surface area (Å²) in [7, 11) is -3.80. The summed E-state index contributed by atoms with van der Waals surface area (Å²) in [5.41, 5.74) is 2.13. The van der Waals surface area contributed by atoms with Gasteiger partial charge in [0.25, 0.3) is 15.9 Å². The van der Waals surface area contributed by atoms with Crippen LogP contribution in [0.2, 0.25) is 0 Å². The maximum atomic E-state index is 13.7. The number of aryl methyl sites for hydroxylation is 2. The topological polar surface area (TPSA) is 75.3 Å². The van der Waals surface area contributed by atoms with Crippen LogP contribution in [-0.4, -0.2) is 14.3 Å². The quantitative estimate of drug-likeness (QED) is 0.665. The van der Waals surface area contributed by atoms with Gasteiger partial charge in [0.05, 0.1) is 16.3 Å². The lowest BCUT2D eigenvalue weighted by Crippen LogP contribution is -2.16. The zero-order valence-electron chi connectivity index (χ0n) is 15.4. The Bertz CT molecular complexity index is 1130. The third-order valence-corrected chi connectivity index (χ3v) is 5.58. The van der Waals surface area contributed by atoms with Crippen molar-refractivity contribution in [3.8, 4) is 0 Å². The monoisotopic (exact) mass is 398 g/mol. The largest absolute Gasteiger partial charge is 0.319 e. The number of sulfonamides is 1. The van der Waals surface area contributed by atoms with Gasteiger partial charge in [-0.05, 0) is 55.8 Å². The number of hydrogen-bond acceptors (Lipinski definition) is 3. The van der Waals surface area contributed by atoms with Gasteiger partial charge in [-0.15, -0.1) is 0 Å². The normalized spacial score (nSPS) is 11.1. The Hall–Kier alpha value is -3.19. The predicted molar refractivity (Wildman–Crippen MR) is 108 cm³/mol. The summed E-state index contributed by atoms with van der Waals surface area (Å²) in [6.07, 6.45) is 0. The molecule has 0 bridgehead atoms. The number of nitrogens with one attached hydrogen (secondary N) is 2. The number of halogens is 1. The first-order chi connectivity index (χ1) is 13.3. The van der Waals surface area contributed by atoms with Crippen molar-refractivity contribution in [2.45, 2.75) is 18.7 Å². The molecule has 0 aliphatic rings. The highest BCUT2D eigenvalue weighted by Crippen LogP contribution is 2.23. The lowest BCUT2D eigenvalue weighted by atomic mass is 10.1. The molecular formula is C21H19FN2O3S. The van der Waals surface area contributed by atoms with Crippen molar-refractivity contribution in [2.75, 3.05) is 10.0 Å². The molecule has 0 aromatic heterocycles. The van der Waals surface area contributed by atoms with Crippen LogP contribution in [-0.2, 0) is 10.0 Å². The van der Waals surface area contributed by atoms with Crippen molar-refractivity contribution in [2.24, 2.45) is 0 Å². The molecule has 144 valence electrons. The number of amides is 1. The summed E-state index contributed by atoms with van der Waals surface area (Å²) in [4.78, 5) is 12.6. The van der Waals surface area contributed by atoms with Crippen LogP contribution >= 0.6 is 0 Å². The van der Waals surface area contributed by atoms with Crippen molar-refractivity contribution < 1.29 is 17.6 Å². The molecule has 0 aliphatic carbocycles. The van der Waals surface area contributed by atoms with Crippen LogP contribution in [0.25, 0.3) is 0 Å². The average molecular weight is 398 g/mol. The Balaban J connectivity index is 1.86. The number of hydrogen-bond donors (Lipinski definition) is 2. The Morgan fingerprint density at radius 1 is 0.893 bits per heavy atom. The second-order valence-corrected chi connectivity index (χ2v) is 8.06. The summed E-state index contributed by atoms with van der Waals surface area (Å²) in [5.74, 6) is -1.09. The van der Waals surface area contributed by atoms with E-state index in [-0.39, 0.29) is 21.8 Å². The third-order valence-electron chi connectivity index (χ3n) is 4.20. The van der Waals surface area contributed by atoms with E-state index in [9.17, 15) is 17.6 Å².